The minimum absolute atomic E-state index is 0.209. The third-order valence-corrected chi connectivity index (χ3v) is 4.56. The summed E-state index contributed by atoms with van der Waals surface area (Å²) in [6.07, 6.45) is -0.151. The van der Waals surface area contributed by atoms with Crippen molar-refractivity contribution in [2.45, 2.75) is 12.5 Å². The molecule has 0 amide bonds. The van der Waals surface area contributed by atoms with E-state index in [9.17, 15) is 5.11 Å². The molecule has 0 saturated carbocycles. The van der Waals surface area contributed by atoms with E-state index in [0.717, 1.165) is 10.0 Å². The lowest BCUT2D eigenvalue weighted by Crippen LogP contribution is -2.24. The Morgan fingerprint density at radius 2 is 1.21 bits per heavy atom. The molecule has 0 heterocycles. The Labute approximate surface area is 173 Å². The van der Waals surface area contributed by atoms with Crippen LogP contribution in [0.2, 0.25) is 0 Å². The molecule has 0 aliphatic carbocycles. The van der Waals surface area contributed by atoms with Crippen LogP contribution in [0.5, 0.6) is 34.5 Å². The minimum atomic E-state index is -0.549. The van der Waals surface area contributed by atoms with Crippen LogP contribution in [0.25, 0.3) is 0 Å². The van der Waals surface area contributed by atoms with E-state index in [-0.39, 0.29) is 6.61 Å². The Hall–Kier alpha value is -2.32. The van der Waals surface area contributed by atoms with Gasteiger partial charge in [0.2, 0.25) is 11.5 Å². The van der Waals surface area contributed by atoms with Crippen LogP contribution in [0.15, 0.2) is 28.7 Å². The monoisotopic (exact) mass is 456 g/mol. The summed E-state index contributed by atoms with van der Waals surface area (Å²) in [5.41, 5.74) is 0.851. The summed E-state index contributed by atoms with van der Waals surface area (Å²) in [7, 11) is 7.74. The number of aliphatic hydroxyl groups excluding tert-OH is 1. The Morgan fingerprint density at radius 1 is 0.750 bits per heavy atom. The smallest absolute Gasteiger partial charge is 0.203 e. The maximum atomic E-state index is 9.88. The first-order valence-corrected chi connectivity index (χ1v) is 9.28. The van der Waals surface area contributed by atoms with Crippen LogP contribution in [-0.2, 0) is 6.42 Å². The second-order valence-electron chi connectivity index (χ2n) is 5.80. The first kappa shape index (κ1) is 22.0. The van der Waals surface area contributed by atoms with Gasteiger partial charge in [0.1, 0.15) is 6.10 Å². The van der Waals surface area contributed by atoms with E-state index >= 15 is 0 Å². The van der Waals surface area contributed by atoms with Crippen LogP contribution < -0.4 is 28.4 Å². The van der Waals surface area contributed by atoms with Crippen LogP contribution in [0.1, 0.15) is 5.56 Å². The molecule has 7 nitrogen and oxygen atoms in total. The zero-order valence-corrected chi connectivity index (χ0v) is 18.2. The van der Waals surface area contributed by atoms with Gasteiger partial charge < -0.3 is 33.5 Å². The number of halogens is 1. The minimum Gasteiger partial charge on any atom is -0.493 e. The standard InChI is InChI=1S/C20H25BrO7/c1-23-15-7-12(8-16(24-2)19(15)27-5)6-14(11-22)28-20-17(25-3)9-13(21)10-18(20)26-4/h7-10,14,22H,6,11H2,1-5H3. The van der Waals surface area contributed by atoms with Gasteiger partial charge in [-0.15, -0.1) is 0 Å². The number of aliphatic hydroxyl groups is 1. The van der Waals surface area contributed by atoms with E-state index in [1.54, 1.807) is 47.7 Å². The predicted molar refractivity (Wildman–Crippen MR) is 109 cm³/mol. The molecule has 0 bridgehead atoms. The van der Waals surface area contributed by atoms with Crippen molar-refractivity contribution in [3.05, 3.63) is 34.3 Å². The van der Waals surface area contributed by atoms with Gasteiger partial charge in [-0.25, -0.2) is 0 Å². The third-order valence-electron chi connectivity index (χ3n) is 4.10. The summed E-state index contributed by atoms with van der Waals surface area (Å²) < 4.78 is 33.7. The molecule has 1 unspecified atom stereocenters. The summed E-state index contributed by atoms with van der Waals surface area (Å²) in [5.74, 6) is 2.98. The van der Waals surface area contributed by atoms with Crippen LogP contribution in [0.4, 0.5) is 0 Å². The van der Waals surface area contributed by atoms with Gasteiger partial charge in [-0.3, -0.25) is 0 Å². The highest BCUT2D eigenvalue weighted by Crippen LogP contribution is 2.42. The van der Waals surface area contributed by atoms with Crippen LogP contribution in [-0.4, -0.2) is 53.4 Å². The Bertz CT molecular complexity index is 744. The van der Waals surface area contributed by atoms with Gasteiger partial charge in [0, 0.05) is 10.9 Å². The summed E-state index contributed by atoms with van der Waals surface area (Å²) in [5, 5.41) is 9.88. The van der Waals surface area contributed by atoms with Crippen molar-refractivity contribution in [2.24, 2.45) is 0 Å². The largest absolute Gasteiger partial charge is 0.493 e. The van der Waals surface area contributed by atoms with Crippen molar-refractivity contribution >= 4 is 15.9 Å². The van der Waals surface area contributed by atoms with Crippen LogP contribution in [0.3, 0.4) is 0 Å². The molecule has 2 rings (SSSR count). The van der Waals surface area contributed by atoms with E-state index in [1.165, 1.54) is 0 Å². The average molecular weight is 457 g/mol. The molecular formula is C20H25BrO7. The van der Waals surface area contributed by atoms with Gasteiger partial charge in [0.15, 0.2) is 23.0 Å². The van der Waals surface area contributed by atoms with E-state index in [2.05, 4.69) is 15.9 Å². The molecule has 2 aromatic rings. The van der Waals surface area contributed by atoms with E-state index in [0.29, 0.717) is 40.9 Å². The highest BCUT2D eigenvalue weighted by Gasteiger charge is 2.21. The fourth-order valence-electron chi connectivity index (χ4n) is 2.79. The van der Waals surface area contributed by atoms with Crippen LogP contribution in [0, 0.1) is 0 Å². The molecule has 8 heteroatoms. The molecular weight excluding hydrogens is 432 g/mol. The van der Waals surface area contributed by atoms with E-state index in [1.807, 2.05) is 12.1 Å². The molecule has 28 heavy (non-hydrogen) atoms. The Balaban J connectivity index is 2.34. The lowest BCUT2D eigenvalue weighted by atomic mass is 10.1. The lowest BCUT2D eigenvalue weighted by Gasteiger charge is -2.22. The molecule has 2 aromatic carbocycles. The quantitative estimate of drug-likeness (QED) is 0.586. The van der Waals surface area contributed by atoms with Crippen LogP contribution >= 0.6 is 15.9 Å². The first-order chi connectivity index (χ1) is 13.5. The number of ether oxygens (including phenoxy) is 6. The maximum absolute atomic E-state index is 9.88. The Morgan fingerprint density at radius 3 is 1.61 bits per heavy atom. The Kier molecular flexibility index (Phi) is 8.07. The SMILES string of the molecule is COc1cc(CC(CO)Oc2c(OC)cc(Br)cc2OC)cc(OC)c1OC. The second-order valence-corrected chi connectivity index (χ2v) is 6.72. The summed E-state index contributed by atoms with van der Waals surface area (Å²) >= 11 is 3.41. The number of hydrogen-bond donors (Lipinski definition) is 1. The topological polar surface area (TPSA) is 75.6 Å². The highest BCUT2D eigenvalue weighted by molar-refractivity contribution is 9.10. The lowest BCUT2D eigenvalue weighted by molar-refractivity contribution is 0.109. The van der Waals surface area contributed by atoms with Gasteiger partial charge in [-0.2, -0.15) is 0 Å². The van der Waals surface area contributed by atoms with Gasteiger partial charge in [0.05, 0.1) is 42.2 Å². The number of hydrogen-bond acceptors (Lipinski definition) is 7. The van der Waals surface area contributed by atoms with Gasteiger partial charge in [-0.05, 0) is 29.8 Å². The molecule has 0 radical (unpaired) electrons. The second kappa shape index (κ2) is 10.3. The average Bonchev–Trinajstić information content (AvgIpc) is 2.72. The summed E-state index contributed by atoms with van der Waals surface area (Å²) in [6.45, 7) is -0.209. The van der Waals surface area contributed by atoms with Gasteiger partial charge >= 0.3 is 0 Å². The van der Waals surface area contributed by atoms with E-state index in [4.69, 9.17) is 28.4 Å². The molecule has 1 atom stereocenters. The van der Waals surface area contributed by atoms with Crippen molar-refractivity contribution < 1.29 is 33.5 Å². The van der Waals surface area contributed by atoms with E-state index < -0.39 is 6.10 Å². The molecule has 0 aliphatic heterocycles. The molecule has 0 aliphatic rings. The third kappa shape index (κ3) is 4.94. The highest BCUT2D eigenvalue weighted by atomic mass is 79.9. The maximum Gasteiger partial charge on any atom is 0.203 e. The molecule has 0 aromatic heterocycles. The zero-order valence-electron chi connectivity index (χ0n) is 16.6. The fraction of sp³-hybridized carbons (Fsp3) is 0.400. The molecule has 0 fully saturated rings. The predicted octanol–water partition coefficient (Wildman–Crippen LogP) is 3.47. The summed E-state index contributed by atoms with van der Waals surface area (Å²) in [6, 6.07) is 7.18. The first-order valence-electron chi connectivity index (χ1n) is 8.49. The van der Waals surface area contributed by atoms with Crippen molar-refractivity contribution in [1.29, 1.82) is 0 Å². The molecule has 0 spiro atoms. The fourth-order valence-corrected chi connectivity index (χ4v) is 3.21. The number of benzene rings is 2. The van der Waals surface area contributed by atoms with Crippen molar-refractivity contribution in [3.63, 3.8) is 0 Å². The van der Waals surface area contributed by atoms with Gasteiger partial charge in [0.25, 0.3) is 0 Å². The summed E-state index contributed by atoms with van der Waals surface area (Å²) in [4.78, 5) is 0. The van der Waals surface area contributed by atoms with Gasteiger partial charge in [-0.1, -0.05) is 15.9 Å². The van der Waals surface area contributed by atoms with Crippen molar-refractivity contribution in [1.82, 2.24) is 0 Å². The number of rotatable bonds is 10. The normalized spacial score (nSPS) is 11.5. The molecule has 0 saturated heterocycles. The van der Waals surface area contributed by atoms with Crippen molar-refractivity contribution in [3.8, 4) is 34.5 Å². The zero-order chi connectivity index (χ0) is 20.7. The molecule has 154 valence electrons. The molecule has 1 N–H and O–H groups in total. The van der Waals surface area contributed by atoms with Crippen molar-refractivity contribution in [2.75, 3.05) is 42.2 Å². The number of methoxy groups -OCH3 is 5.